The molecule has 1 N–H and O–H groups in total. The van der Waals surface area contributed by atoms with E-state index in [4.69, 9.17) is 11.6 Å². The average molecular weight is 438 g/mol. The van der Waals surface area contributed by atoms with Crippen LogP contribution in [0.4, 0.5) is 13.2 Å². The van der Waals surface area contributed by atoms with Gasteiger partial charge in [0.1, 0.15) is 0 Å². The maximum absolute atomic E-state index is 12.7. The van der Waals surface area contributed by atoms with Crippen LogP contribution in [0.1, 0.15) is 54.0 Å². The fraction of sp³-hybridized carbons (Fsp3) is 0.522. The Bertz CT molecular complexity index is 842. The van der Waals surface area contributed by atoms with Crippen molar-refractivity contribution in [2.24, 2.45) is 5.92 Å². The van der Waals surface area contributed by atoms with Gasteiger partial charge in [0.15, 0.2) is 0 Å². The summed E-state index contributed by atoms with van der Waals surface area (Å²) < 4.78 is 38.1. The Morgan fingerprint density at radius 1 is 1.10 bits per heavy atom. The molecule has 1 saturated heterocycles. The van der Waals surface area contributed by atoms with Crippen LogP contribution in [0.15, 0.2) is 36.5 Å². The first kappa shape index (κ1) is 21.6. The zero-order valence-electron chi connectivity index (χ0n) is 16.9. The molecule has 1 saturated carbocycles. The lowest BCUT2D eigenvalue weighted by molar-refractivity contribution is -0.137. The van der Waals surface area contributed by atoms with E-state index in [1.54, 1.807) is 0 Å². The average Bonchev–Trinajstić information content (AvgIpc) is 3.18. The van der Waals surface area contributed by atoms with Gasteiger partial charge in [-0.3, -0.25) is 9.88 Å². The maximum atomic E-state index is 12.7. The molecule has 2 fully saturated rings. The first-order valence-electron chi connectivity index (χ1n) is 10.6. The second kappa shape index (κ2) is 9.25. The van der Waals surface area contributed by atoms with Crippen LogP contribution < -0.4 is 5.32 Å². The van der Waals surface area contributed by atoms with Gasteiger partial charge in [0.05, 0.1) is 16.3 Å². The summed E-state index contributed by atoms with van der Waals surface area (Å²) >= 11 is 5.96. The maximum Gasteiger partial charge on any atom is 0.417 e. The van der Waals surface area contributed by atoms with E-state index in [9.17, 15) is 13.2 Å². The third kappa shape index (κ3) is 5.34. The predicted molar refractivity (Wildman–Crippen MR) is 112 cm³/mol. The van der Waals surface area contributed by atoms with Gasteiger partial charge >= 0.3 is 6.18 Å². The molecule has 2 heterocycles. The van der Waals surface area contributed by atoms with Crippen LogP contribution in [0.3, 0.4) is 0 Å². The Balaban J connectivity index is 1.19. The monoisotopic (exact) mass is 437 g/mol. The fourth-order valence-corrected chi connectivity index (χ4v) is 4.65. The zero-order valence-corrected chi connectivity index (χ0v) is 17.6. The first-order chi connectivity index (χ1) is 14.4. The van der Waals surface area contributed by atoms with E-state index in [2.05, 4.69) is 39.5 Å². The van der Waals surface area contributed by atoms with Crippen molar-refractivity contribution in [1.29, 1.82) is 0 Å². The van der Waals surface area contributed by atoms with E-state index in [0.29, 0.717) is 24.1 Å². The number of likely N-dealkylation sites (tertiary alicyclic amines) is 1. The minimum absolute atomic E-state index is 0.0535. The topological polar surface area (TPSA) is 28.2 Å². The summed E-state index contributed by atoms with van der Waals surface area (Å²) in [7, 11) is 0. The lowest BCUT2D eigenvalue weighted by Gasteiger charge is -2.36. The third-order valence-corrected chi connectivity index (χ3v) is 6.59. The van der Waals surface area contributed by atoms with E-state index in [1.807, 2.05) is 0 Å². The van der Waals surface area contributed by atoms with Gasteiger partial charge in [-0.2, -0.15) is 13.2 Å². The molecule has 1 aliphatic heterocycles. The third-order valence-electron chi connectivity index (χ3n) is 6.26. The van der Waals surface area contributed by atoms with Crippen LogP contribution >= 0.6 is 11.6 Å². The van der Waals surface area contributed by atoms with E-state index in [1.165, 1.54) is 37.1 Å². The number of alkyl halides is 3. The Morgan fingerprint density at radius 3 is 2.43 bits per heavy atom. The largest absolute Gasteiger partial charge is 0.417 e. The quantitative estimate of drug-likeness (QED) is 0.608. The van der Waals surface area contributed by atoms with Crippen molar-refractivity contribution in [2.75, 3.05) is 19.6 Å². The number of rotatable bonds is 7. The summed E-state index contributed by atoms with van der Waals surface area (Å²) in [6.07, 6.45) is 1.32. The van der Waals surface area contributed by atoms with Gasteiger partial charge in [0.25, 0.3) is 0 Å². The zero-order chi connectivity index (χ0) is 21.1. The molecule has 0 unspecified atom stereocenters. The van der Waals surface area contributed by atoms with Crippen molar-refractivity contribution < 1.29 is 13.2 Å². The van der Waals surface area contributed by atoms with Gasteiger partial charge < -0.3 is 5.32 Å². The van der Waals surface area contributed by atoms with Gasteiger partial charge in [-0.05, 0) is 74.3 Å². The Hall–Kier alpha value is -1.63. The fourth-order valence-electron chi connectivity index (χ4n) is 4.41. The molecule has 3 nitrogen and oxygen atoms in total. The molecule has 1 aromatic carbocycles. The highest BCUT2D eigenvalue weighted by atomic mass is 35.5. The predicted octanol–water partition coefficient (Wildman–Crippen LogP) is 5.63. The highest BCUT2D eigenvalue weighted by molar-refractivity contribution is 6.31. The lowest BCUT2D eigenvalue weighted by Crippen LogP contribution is -2.32. The first-order valence-corrected chi connectivity index (χ1v) is 11.0. The lowest BCUT2D eigenvalue weighted by atomic mass is 9.71. The van der Waals surface area contributed by atoms with Gasteiger partial charge in [0, 0.05) is 19.3 Å². The molecule has 0 radical (unpaired) electrons. The summed E-state index contributed by atoms with van der Waals surface area (Å²) in [6.45, 7) is 4.68. The summed E-state index contributed by atoms with van der Waals surface area (Å²) in [5.74, 6) is 1.18. The van der Waals surface area contributed by atoms with E-state index in [-0.39, 0.29) is 5.02 Å². The Morgan fingerprint density at radius 2 is 1.80 bits per heavy atom. The Kier molecular flexibility index (Phi) is 6.66. The van der Waals surface area contributed by atoms with Crippen LogP contribution in [-0.2, 0) is 19.3 Å². The van der Waals surface area contributed by atoms with E-state index < -0.39 is 11.7 Å². The molecular formula is C23H27ClF3N3. The SMILES string of the molecule is FC(F)(F)c1cnc(CNC[C@H]2C[C@H](c3ccc(CN4CCCC4)cc3)C2)c(Cl)c1. The van der Waals surface area contributed by atoms with Gasteiger partial charge in [0.2, 0.25) is 0 Å². The number of aromatic nitrogens is 1. The minimum Gasteiger partial charge on any atom is -0.311 e. The smallest absolute Gasteiger partial charge is 0.311 e. The molecule has 0 bridgehead atoms. The number of hydrogen-bond donors (Lipinski definition) is 1. The second-order valence-electron chi connectivity index (χ2n) is 8.54. The molecule has 2 aromatic rings. The van der Waals surface area contributed by atoms with E-state index in [0.717, 1.165) is 38.2 Å². The molecule has 0 amide bonds. The molecule has 0 spiro atoms. The standard InChI is InChI=1S/C23H27ClF3N3/c24-21-11-20(23(25,26)27)13-29-22(21)14-28-12-17-9-19(10-17)18-5-3-16(4-6-18)15-30-7-1-2-8-30/h3-6,11,13,17,19,28H,1-2,7-10,12,14-15H2/t17-,19-. The molecule has 4 rings (SSSR count). The molecule has 162 valence electrons. The number of nitrogens with zero attached hydrogens (tertiary/aromatic N) is 2. The Labute approximate surface area is 180 Å². The highest BCUT2D eigenvalue weighted by Crippen LogP contribution is 2.41. The van der Waals surface area contributed by atoms with E-state index >= 15 is 0 Å². The normalized spacial score (nSPS) is 22.3. The van der Waals surface area contributed by atoms with Crippen molar-refractivity contribution >= 4 is 11.6 Å². The summed E-state index contributed by atoms with van der Waals surface area (Å²) in [6, 6.07) is 10.0. The van der Waals surface area contributed by atoms with Crippen molar-refractivity contribution in [3.8, 4) is 0 Å². The summed E-state index contributed by atoms with van der Waals surface area (Å²) in [4.78, 5) is 6.39. The van der Waals surface area contributed by atoms with Crippen molar-refractivity contribution in [3.05, 3.63) is 63.9 Å². The number of benzene rings is 1. The highest BCUT2D eigenvalue weighted by Gasteiger charge is 2.32. The molecule has 0 atom stereocenters. The number of pyridine rings is 1. The molecule has 7 heteroatoms. The van der Waals surface area contributed by atoms with Crippen LogP contribution in [0, 0.1) is 5.92 Å². The molecule has 1 aliphatic carbocycles. The molecule has 1 aromatic heterocycles. The number of nitrogens with one attached hydrogen (secondary N) is 1. The van der Waals surface area contributed by atoms with Crippen LogP contribution in [0.5, 0.6) is 0 Å². The minimum atomic E-state index is -4.42. The van der Waals surface area contributed by atoms with Crippen LogP contribution in [0.25, 0.3) is 0 Å². The van der Waals surface area contributed by atoms with Crippen molar-refractivity contribution in [1.82, 2.24) is 15.2 Å². The second-order valence-corrected chi connectivity index (χ2v) is 8.95. The van der Waals surface area contributed by atoms with Crippen LogP contribution in [-0.4, -0.2) is 29.5 Å². The van der Waals surface area contributed by atoms with Crippen molar-refractivity contribution in [2.45, 2.75) is 50.9 Å². The van der Waals surface area contributed by atoms with Crippen molar-refractivity contribution in [3.63, 3.8) is 0 Å². The summed E-state index contributed by atoms with van der Waals surface area (Å²) in [5.41, 5.74) is 2.43. The number of hydrogen-bond acceptors (Lipinski definition) is 3. The molecular weight excluding hydrogens is 411 g/mol. The van der Waals surface area contributed by atoms with Gasteiger partial charge in [-0.15, -0.1) is 0 Å². The molecule has 30 heavy (non-hydrogen) atoms. The summed E-state index contributed by atoms with van der Waals surface area (Å²) in [5, 5.41) is 3.34. The number of halogens is 4. The molecule has 2 aliphatic rings. The van der Waals surface area contributed by atoms with Crippen LogP contribution in [0.2, 0.25) is 5.02 Å². The van der Waals surface area contributed by atoms with Gasteiger partial charge in [-0.25, -0.2) is 0 Å². The van der Waals surface area contributed by atoms with Gasteiger partial charge in [-0.1, -0.05) is 35.9 Å².